The van der Waals surface area contributed by atoms with Crippen LogP contribution in [0.15, 0.2) is 18.2 Å². The van der Waals surface area contributed by atoms with Gasteiger partial charge in [0, 0.05) is 33.7 Å². The van der Waals surface area contributed by atoms with Crippen molar-refractivity contribution in [3.8, 4) is 0 Å². The average Bonchev–Trinajstić information content (AvgIpc) is 2.48. The largest absolute Gasteiger partial charge is 0.383 e. The molecular formula is C15H21Cl2NO3. The van der Waals surface area contributed by atoms with Gasteiger partial charge in [0.2, 0.25) is 5.91 Å². The number of amides is 1. The van der Waals surface area contributed by atoms with Gasteiger partial charge in [-0.15, -0.1) is 0 Å². The molecule has 0 saturated carbocycles. The van der Waals surface area contributed by atoms with Gasteiger partial charge in [0.25, 0.3) is 0 Å². The zero-order valence-corrected chi connectivity index (χ0v) is 13.9. The Morgan fingerprint density at radius 3 is 2.33 bits per heavy atom. The summed E-state index contributed by atoms with van der Waals surface area (Å²) in [5.74, 6) is 0.0557. The molecule has 0 aromatic heterocycles. The van der Waals surface area contributed by atoms with Crippen LogP contribution in [-0.4, -0.2) is 51.3 Å². The molecule has 1 rings (SSSR count). The Morgan fingerprint density at radius 2 is 1.76 bits per heavy atom. The van der Waals surface area contributed by atoms with E-state index in [0.717, 1.165) is 5.56 Å². The van der Waals surface area contributed by atoms with Crippen LogP contribution < -0.4 is 0 Å². The smallest absolute Gasteiger partial charge is 0.223 e. The van der Waals surface area contributed by atoms with E-state index in [2.05, 4.69) is 0 Å². The molecule has 1 amide bonds. The standard InChI is InChI=1S/C15H21Cl2NO3/c1-20-10-8-18(9-11-21-2)14(19)7-6-12-4-3-5-13(16)15(12)17/h3-5H,6-11H2,1-2H3. The molecule has 0 aliphatic carbocycles. The van der Waals surface area contributed by atoms with Crippen LogP contribution in [-0.2, 0) is 20.7 Å². The quantitative estimate of drug-likeness (QED) is 0.697. The minimum atomic E-state index is 0.0557. The van der Waals surface area contributed by atoms with E-state index in [9.17, 15) is 4.79 Å². The van der Waals surface area contributed by atoms with Crippen molar-refractivity contribution in [3.05, 3.63) is 33.8 Å². The number of carbonyl (C=O) groups is 1. The maximum Gasteiger partial charge on any atom is 0.223 e. The summed E-state index contributed by atoms with van der Waals surface area (Å²) in [7, 11) is 3.23. The third-order valence-electron chi connectivity index (χ3n) is 3.12. The first kappa shape index (κ1) is 18.2. The Morgan fingerprint density at radius 1 is 1.14 bits per heavy atom. The molecule has 0 saturated heterocycles. The van der Waals surface area contributed by atoms with Gasteiger partial charge in [0.1, 0.15) is 0 Å². The molecule has 6 heteroatoms. The fourth-order valence-electron chi connectivity index (χ4n) is 1.91. The minimum Gasteiger partial charge on any atom is -0.383 e. The number of hydrogen-bond acceptors (Lipinski definition) is 3. The molecule has 0 heterocycles. The molecule has 0 atom stereocenters. The molecule has 0 unspecified atom stereocenters. The van der Waals surface area contributed by atoms with Crippen molar-refractivity contribution < 1.29 is 14.3 Å². The number of rotatable bonds is 9. The number of nitrogens with zero attached hydrogens (tertiary/aromatic N) is 1. The molecule has 0 N–H and O–H groups in total. The SMILES string of the molecule is COCCN(CCOC)C(=O)CCc1cccc(Cl)c1Cl. The van der Waals surface area contributed by atoms with Gasteiger partial charge in [-0.25, -0.2) is 0 Å². The minimum absolute atomic E-state index is 0.0557. The fourth-order valence-corrected chi connectivity index (χ4v) is 2.32. The van der Waals surface area contributed by atoms with Crippen molar-refractivity contribution in [2.75, 3.05) is 40.5 Å². The summed E-state index contributed by atoms with van der Waals surface area (Å²) in [4.78, 5) is 14.0. The van der Waals surface area contributed by atoms with Gasteiger partial charge in [-0.05, 0) is 18.1 Å². The molecule has 4 nitrogen and oxygen atoms in total. The first-order valence-corrected chi connectivity index (χ1v) is 7.54. The van der Waals surface area contributed by atoms with E-state index in [1.807, 2.05) is 12.1 Å². The molecule has 0 bridgehead atoms. The predicted molar refractivity (Wildman–Crippen MR) is 85.1 cm³/mol. The second-order valence-electron chi connectivity index (χ2n) is 4.58. The van der Waals surface area contributed by atoms with Crippen LogP contribution in [0.5, 0.6) is 0 Å². The second-order valence-corrected chi connectivity index (χ2v) is 5.36. The first-order chi connectivity index (χ1) is 10.1. The summed E-state index contributed by atoms with van der Waals surface area (Å²) >= 11 is 12.1. The summed E-state index contributed by atoms with van der Waals surface area (Å²) in [6.45, 7) is 2.13. The molecule has 0 fully saturated rings. The Balaban J connectivity index is 2.57. The van der Waals surface area contributed by atoms with E-state index in [1.165, 1.54) is 0 Å². The van der Waals surface area contributed by atoms with Crippen molar-refractivity contribution in [1.29, 1.82) is 0 Å². The van der Waals surface area contributed by atoms with Crippen LogP contribution >= 0.6 is 23.2 Å². The molecule has 0 aliphatic rings. The lowest BCUT2D eigenvalue weighted by atomic mass is 10.1. The van der Waals surface area contributed by atoms with Gasteiger partial charge >= 0.3 is 0 Å². The van der Waals surface area contributed by atoms with Gasteiger partial charge < -0.3 is 14.4 Å². The monoisotopic (exact) mass is 333 g/mol. The van der Waals surface area contributed by atoms with Crippen LogP contribution in [0, 0.1) is 0 Å². The van der Waals surface area contributed by atoms with E-state index in [4.69, 9.17) is 32.7 Å². The molecule has 0 spiro atoms. The lowest BCUT2D eigenvalue weighted by Gasteiger charge is -2.22. The Bertz CT molecular complexity index is 447. The highest BCUT2D eigenvalue weighted by Gasteiger charge is 2.14. The number of methoxy groups -OCH3 is 2. The van der Waals surface area contributed by atoms with E-state index >= 15 is 0 Å². The van der Waals surface area contributed by atoms with Crippen LogP contribution in [0.1, 0.15) is 12.0 Å². The summed E-state index contributed by atoms with van der Waals surface area (Å²) < 4.78 is 10.1. The number of aryl methyl sites for hydroxylation is 1. The van der Waals surface area contributed by atoms with E-state index in [-0.39, 0.29) is 5.91 Å². The van der Waals surface area contributed by atoms with Crippen LogP contribution in [0.2, 0.25) is 10.0 Å². The maximum atomic E-state index is 12.3. The average molecular weight is 334 g/mol. The highest BCUT2D eigenvalue weighted by atomic mass is 35.5. The lowest BCUT2D eigenvalue weighted by Crippen LogP contribution is -2.36. The van der Waals surface area contributed by atoms with Crippen molar-refractivity contribution in [1.82, 2.24) is 4.90 Å². The number of halogens is 2. The lowest BCUT2D eigenvalue weighted by molar-refractivity contribution is -0.132. The highest BCUT2D eigenvalue weighted by Crippen LogP contribution is 2.26. The Kier molecular flexibility index (Phi) is 8.69. The summed E-state index contributed by atoms with van der Waals surface area (Å²) in [5, 5.41) is 1.03. The van der Waals surface area contributed by atoms with Gasteiger partial charge in [0.15, 0.2) is 0 Å². The number of carbonyl (C=O) groups excluding carboxylic acids is 1. The summed E-state index contributed by atoms with van der Waals surface area (Å²) in [6, 6.07) is 5.45. The molecule has 0 aliphatic heterocycles. The van der Waals surface area contributed by atoms with Gasteiger partial charge in [-0.1, -0.05) is 35.3 Å². The van der Waals surface area contributed by atoms with Crippen molar-refractivity contribution in [2.45, 2.75) is 12.8 Å². The summed E-state index contributed by atoms with van der Waals surface area (Å²) in [5.41, 5.74) is 0.885. The van der Waals surface area contributed by atoms with E-state index in [0.29, 0.717) is 49.2 Å². The van der Waals surface area contributed by atoms with Crippen molar-refractivity contribution >= 4 is 29.1 Å². The molecule has 1 aromatic rings. The number of ether oxygens (including phenoxy) is 2. The zero-order valence-electron chi connectivity index (χ0n) is 12.4. The molecular weight excluding hydrogens is 313 g/mol. The van der Waals surface area contributed by atoms with Crippen molar-refractivity contribution in [3.63, 3.8) is 0 Å². The predicted octanol–water partition coefficient (Wildman–Crippen LogP) is 3.05. The molecule has 0 radical (unpaired) electrons. The second kappa shape index (κ2) is 10.0. The van der Waals surface area contributed by atoms with Gasteiger partial charge in [-0.2, -0.15) is 0 Å². The first-order valence-electron chi connectivity index (χ1n) is 6.78. The number of benzene rings is 1. The normalized spacial score (nSPS) is 10.7. The summed E-state index contributed by atoms with van der Waals surface area (Å²) in [6.07, 6.45) is 0.947. The Hall–Kier alpha value is -0.810. The van der Waals surface area contributed by atoms with Crippen molar-refractivity contribution in [2.24, 2.45) is 0 Å². The van der Waals surface area contributed by atoms with E-state index in [1.54, 1.807) is 25.2 Å². The molecule has 118 valence electrons. The maximum absolute atomic E-state index is 12.3. The van der Waals surface area contributed by atoms with Crippen LogP contribution in [0.4, 0.5) is 0 Å². The van der Waals surface area contributed by atoms with Crippen LogP contribution in [0.25, 0.3) is 0 Å². The molecule has 21 heavy (non-hydrogen) atoms. The van der Waals surface area contributed by atoms with Crippen LogP contribution in [0.3, 0.4) is 0 Å². The zero-order chi connectivity index (χ0) is 15.7. The van der Waals surface area contributed by atoms with E-state index < -0.39 is 0 Å². The topological polar surface area (TPSA) is 38.8 Å². The van der Waals surface area contributed by atoms with Gasteiger partial charge in [0.05, 0.1) is 23.3 Å². The highest BCUT2D eigenvalue weighted by molar-refractivity contribution is 6.42. The Labute approximate surface area is 135 Å². The third kappa shape index (κ3) is 6.22. The third-order valence-corrected chi connectivity index (χ3v) is 3.98. The molecule has 1 aromatic carbocycles. The number of hydrogen-bond donors (Lipinski definition) is 0. The van der Waals surface area contributed by atoms with Gasteiger partial charge in [-0.3, -0.25) is 4.79 Å². The fraction of sp³-hybridized carbons (Fsp3) is 0.533.